The highest BCUT2D eigenvalue weighted by Gasteiger charge is 2.58. The van der Waals surface area contributed by atoms with Crippen LogP contribution in [0.1, 0.15) is 40.5 Å². The van der Waals surface area contributed by atoms with Crippen LogP contribution in [-0.2, 0) is 0 Å². The summed E-state index contributed by atoms with van der Waals surface area (Å²) in [6, 6.07) is 0. The zero-order valence-electron chi connectivity index (χ0n) is 11.0. The molecule has 1 rings (SSSR count). The Morgan fingerprint density at radius 3 is 2.12 bits per heavy atom. The van der Waals surface area contributed by atoms with E-state index in [0.717, 1.165) is 0 Å². The second kappa shape index (κ2) is 4.35. The molecule has 0 aromatic carbocycles. The van der Waals surface area contributed by atoms with E-state index in [0.29, 0.717) is 6.42 Å². The van der Waals surface area contributed by atoms with Crippen LogP contribution in [-0.4, -0.2) is 43.8 Å². The summed E-state index contributed by atoms with van der Waals surface area (Å²) in [4.78, 5) is 0. The maximum atomic E-state index is 10.7. The van der Waals surface area contributed by atoms with E-state index >= 15 is 0 Å². The van der Waals surface area contributed by atoms with E-state index in [9.17, 15) is 20.4 Å². The molecule has 0 amide bonds. The van der Waals surface area contributed by atoms with E-state index in [1.165, 1.54) is 19.1 Å². The minimum absolute atomic E-state index is 0.122. The molecule has 0 aliphatic heterocycles. The van der Waals surface area contributed by atoms with Crippen molar-refractivity contribution < 1.29 is 20.4 Å². The van der Waals surface area contributed by atoms with Crippen LogP contribution >= 0.6 is 0 Å². The maximum Gasteiger partial charge on any atom is 0.116 e. The largest absolute Gasteiger partial charge is 0.393 e. The van der Waals surface area contributed by atoms with Gasteiger partial charge in [0.1, 0.15) is 5.60 Å². The van der Waals surface area contributed by atoms with Gasteiger partial charge < -0.3 is 20.4 Å². The molecule has 0 saturated heterocycles. The Morgan fingerprint density at radius 1 is 1.18 bits per heavy atom. The van der Waals surface area contributed by atoms with E-state index in [-0.39, 0.29) is 6.42 Å². The van der Waals surface area contributed by atoms with Crippen molar-refractivity contribution >= 4 is 0 Å². The fourth-order valence-corrected chi connectivity index (χ4v) is 2.84. The molecule has 0 aromatic heterocycles. The second-order valence-electron chi connectivity index (χ2n) is 6.09. The summed E-state index contributed by atoms with van der Waals surface area (Å²) in [5.74, 6) is 0. The molecule has 1 fully saturated rings. The van der Waals surface area contributed by atoms with Crippen LogP contribution in [0, 0.1) is 5.41 Å². The monoisotopic (exact) mass is 244 g/mol. The van der Waals surface area contributed by atoms with Crippen LogP contribution < -0.4 is 0 Å². The fourth-order valence-electron chi connectivity index (χ4n) is 2.84. The third-order valence-corrected chi connectivity index (χ3v) is 3.85. The summed E-state index contributed by atoms with van der Waals surface area (Å²) in [5.41, 5.74) is -3.55. The predicted octanol–water partition coefficient (Wildman–Crippen LogP) is 0.586. The van der Waals surface area contributed by atoms with Gasteiger partial charge in [-0.2, -0.15) is 0 Å². The Balaban J connectivity index is 3.15. The van der Waals surface area contributed by atoms with Gasteiger partial charge in [-0.1, -0.05) is 26.0 Å². The highest BCUT2D eigenvalue weighted by atomic mass is 16.4. The third kappa shape index (κ3) is 2.55. The molecule has 1 aliphatic rings. The van der Waals surface area contributed by atoms with Crippen molar-refractivity contribution in [2.45, 2.75) is 63.9 Å². The Morgan fingerprint density at radius 2 is 1.71 bits per heavy atom. The lowest BCUT2D eigenvalue weighted by Crippen LogP contribution is -2.65. The van der Waals surface area contributed by atoms with Gasteiger partial charge in [-0.3, -0.25) is 0 Å². The van der Waals surface area contributed by atoms with Crippen molar-refractivity contribution in [1.29, 1.82) is 0 Å². The molecule has 4 atom stereocenters. The average Bonchev–Trinajstić information content (AvgIpc) is 2.09. The maximum absolute atomic E-state index is 10.7. The zero-order chi connectivity index (χ0) is 13.5. The van der Waals surface area contributed by atoms with Gasteiger partial charge in [-0.25, -0.2) is 0 Å². The molecule has 2 unspecified atom stereocenters. The van der Waals surface area contributed by atoms with Crippen molar-refractivity contribution in [1.82, 2.24) is 0 Å². The van der Waals surface area contributed by atoms with Crippen LogP contribution in [0.3, 0.4) is 0 Å². The van der Waals surface area contributed by atoms with E-state index in [2.05, 4.69) is 0 Å². The van der Waals surface area contributed by atoms with Crippen LogP contribution in [0.15, 0.2) is 12.2 Å². The molecule has 4 heteroatoms. The van der Waals surface area contributed by atoms with E-state index in [4.69, 9.17) is 0 Å². The van der Waals surface area contributed by atoms with Gasteiger partial charge in [0.15, 0.2) is 0 Å². The highest BCUT2D eigenvalue weighted by molar-refractivity contribution is 5.21. The lowest BCUT2D eigenvalue weighted by molar-refractivity contribution is -0.217. The lowest BCUT2D eigenvalue weighted by atomic mass is 9.57. The SMILES string of the molecule is CC(O)C=C[C@@]1(O)C(C)(C)CC(O)C[C@@]1(C)O. The summed E-state index contributed by atoms with van der Waals surface area (Å²) in [6.45, 7) is 6.70. The molecule has 1 aliphatic carbocycles. The Bertz CT molecular complexity index is 287. The second-order valence-corrected chi connectivity index (χ2v) is 6.09. The summed E-state index contributed by atoms with van der Waals surface area (Å²) >= 11 is 0. The summed E-state index contributed by atoms with van der Waals surface area (Å²) < 4.78 is 0. The molecule has 0 spiro atoms. The molecular weight excluding hydrogens is 220 g/mol. The van der Waals surface area contributed by atoms with Crippen molar-refractivity contribution in [3.05, 3.63) is 12.2 Å². The molecular formula is C13H24O4. The highest BCUT2D eigenvalue weighted by Crippen LogP contribution is 2.50. The summed E-state index contributed by atoms with van der Waals surface area (Å²) in [5, 5.41) is 40.1. The molecule has 0 bridgehead atoms. The quantitative estimate of drug-likeness (QED) is 0.536. The molecule has 0 heterocycles. The Hall–Kier alpha value is -0.420. The van der Waals surface area contributed by atoms with Crippen LogP contribution in [0.5, 0.6) is 0 Å². The number of hydrogen-bond acceptors (Lipinski definition) is 4. The van der Waals surface area contributed by atoms with Gasteiger partial charge in [-0.05, 0) is 20.3 Å². The van der Waals surface area contributed by atoms with Gasteiger partial charge in [0.05, 0.1) is 17.8 Å². The number of aliphatic hydroxyl groups excluding tert-OH is 2. The minimum atomic E-state index is -1.46. The zero-order valence-corrected chi connectivity index (χ0v) is 11.0. The third-order valence-electron chi connectivity index (χ3n) is 3.85. The fraction of sp³-hybridized carbons (Fsp3) is 0.846. The van der Waals surface area contributed by atoms with Gasteiger partial charge in [0.25, 0.3) is 0 Å². The number of aliphatic hydroxyl groups is 4. The van der Waals surface area contributed by atoms with Crippen LogP contribution in [0.2, 0.25) is 0 Å². The smallest absolute Gasteiger partial charge is 0.116 e. The topological polar surface area (TPSA) is 80.9 Å². The predicted molar refractivity (Wildman–Crippen MR) is 65.4 cm³/mol. The number of rotatable bonds is 2. The Kier molecular flexibility index (Phi) is 3.75. The van der Waals surface area contributed by atoms with Gasteiger partial charge in [-0.15, -0.1) is 0 Å². The van der Waals surface area contributed by atoms with E-state index in [1.54, 1.807) is 20.8 Å². The lowest BCUT2D eigenvalue weighted by Gasteiger charge is -2.54. The molecule has 4 nitrogen and oxygen atoms in total. The van der Waals surface area contributed by atoms with Gasteiger partial charge in [0, 0.05) is 11.8 Å². The normalized spacial score (nSPS) is 43.9. The van der Waals surface area contributed by atoms with E-state index in [1.807, 2.05) is 0 Å². The van der Waals surface area contributed by atoms with Crippen molar-refractivity contribution in [3.8, 4) is 0 Å². The molecule has 0 radical (unpaired) electrons. The molecule has 100 valence electrons. The minimum Gasteiger partial charge on any atom is -0.393 e. The summed E-state index contributed by atoms with van der Waals surface area (Å²) in [6.07, 6.45) is 2.15. The molecule has 0 aromatic rings. The van der Waals surface area contributed by atoms with Crippen molar-refractivity contribution in [2.24, 2.45) is 5.41 Å². The molecule has 4 N–H and O–H groups in total. The first-order chi connectivity index (χ1) is 7.52. The van der Waals surface area contributed by atoms with Crippen molar-refractivity contribution in [3.63, 3.8) is 0 Å². The van der Waals surface area contributed by atoms with Crippen molar-refractivity contribution in [2.75, 3.05) is 0 Å². The van der Waals surface area contributed by atoms with Gasteiger partial charge in [0.2, 0.25) is 0 Å². The standard InChI is InChI=1S/C13H24O4/c1-9(14)5-6-13(17)11(2,3)7-10(15)8-12(13,4)16/h5-6,9-10,14-17H,7-8H2,1-4H3/t9?,10?,12-,13-/m1/s1. The van der Waals surface area contributed by atoms with Crippen LogP contribution in [0.25, 0.3) is 0 Å². The summed E-state index contributed by atoms with van der Waals surface area (Å²) in [7, 11) is 0. The first-order valence-electron chi connectivity index (χ1n) is 6.02. The average molecular weight is 244 g/mol. The number of hydrogen-bond donors (Lipinski definition) is 4. The Labute approximate surface area is 103 Å². The van der Waals surface area contributed by atoms with E-state index < -0.39 is 28.8 Å². The first-order valence-corrected chi connectivity index (χ1v) is 6.02. The van der Waals surface area contributed by atoms with Crippen LogP contribution in [0.4, 0.5) is 0 Å². The molecule has 17 heavy (non-hydrogen) atoms. The van der Waals surface area contributed by atoms with Gasteiger partial charge >= 0.3 is 0 Å². The molecule has 1 saturated carbocycles. The first kappa shape index (κ1) is 14.6.